The van der Waals surface area contributed by atoms with E-state index in [0.29, 0.717) is 11.6 Å². The van der Waals surface area contributed by atoms with Crippen LogP contribution in [0.1, 0.15) is 22.1 Å². The van der Waals surface area contributed by atoms with Gasteiger partial charge in [-0.05, 0) is 6.92 Å². The zero-order chi connectivity index (χ0) is 12.4. The summed E-state index contributed by atoms with van der Waals surface area (Å²) in [6.07, 6.45) is 0. The maximum atomic E-state index is 11.4. The second-order valence-corrected chi connectivity index (χ2v) is 3.30. The summed E-state index contributed by atoms with van der Waals surface area (Å²) < 4.78 is 6.18. The number of aryl methyl sites for hydroxylation is 1. The molecule has 0 aliphatic rings. The molecule has 0 aliphatic heterocycles. The van der Waals surface area contributed by atoms with Crippen LogP contribution in [0.15, 0.2) is 0 Å². The lowest BCUT2D eigenvalue weighted by molar-refractivity contribution is 0.0595. The summed E-state index contributed by atoms with van der Waals surface area (Å²) >= 11 is 0. The number of tetrazole rings is 1. The molecule has 9 heteroatoms. The molecule has 0 aromatic carbocycles. The van der Waals surface area contributed by atoms with Gasteiger partial charge in [-0.25, -0.2) is 9.78 Å². The molecule has 17 heavy (non-hydrogen) atoms. The molecule has 2 rings (SSSR count). The Labute approximate surface area is 96.0 Å². The Morgan fingerprint density at radius 2 is 2.35 bits per heavy atom. The van der Waals surface area contributed by atoms with Gasteiger partial charge in [0.2, 0.25) is 0 Å². The van der Waals surface area contributed by atoms with Gasteiger partial charge in [-0.3, -0.25) is 0 Å². The topological polar surface area (TPSA) is 125 Å². The number of nitrogens with one attached hydrogen (secondary N) is 1. The van der Waals surface area contributed by atoms with Crippen molar-refractivity contribution < 1.29 is 9.53 Å². The van der Waals surface area contributed by atoms with Crippen molar-refractivity contribution in [2.45, 2.75) is 13.5 Å². The minimum atomic E-state index is -0.572. The Bertz CT molecular complexity index is 530. The fourth-order valence-corrected chi connectivity index (χ4v) is 1.42. The number of aromatic nitrogens is 6. The maximum absolute atomic E-state index is 11.4. The standard InChI is InChI=1S/C8H11N7O2/c1-4-10-6(8(16)17-2)7(9)15(4)3-5-11-13-14-12-5/h3,9H2,1-2H3,(H,11,12,13,14). The Morgan fingerprint density at radius 1 is 1.59 bits per heavy atom. The number of nitrogens with two attached hydrogens (primary N) is 1. The predicted molar refractivity (Wildman–Crippen MR) is 56.0 cm³/mol. The van der Waals surface area contributed by atoms with Gasteiger partial charge in [0, 0.05) is 0 Å². The van der Waals surface area contributed by atoms with Crippen molar-refractivity contribution in [3.63, 3.8) is 0 Å². The highest BCUT2D eigenvalue weighted by Crippen LogP contribution is 2.15. The smallest absolute Gasteiger partial charge is 0.360 e. The van der Waals surface area contributed by atoms with Crippen LogP contribution in [0.4, 0.5) is 5.82 Å². The Kier molecular flexibility index (Phi) is 2.73. The summed E-state index contributed by atoms with van der Waals surface area (Å²) in [5.74, 6) is 0.679. The van der Waals surface area contributed by atoms with Crippen molar-refractivity contribution in [3.05, 3.63) is 17.3 Å². The average Bonchev–Trinajstić information content (AvgIpc) is 2.91. The highest BCUT2D eigenvalue weighted by molar-refractivity contribution is 5.92. The third-order valence-corrected chi connectivity index (χ3v) is 2.27. The Hall–Kier alpha value is -2.45. The first-order valence-corrected chi connectivity index (χ1v) is 4.76. The van der Waals surface area contributed by atoms with Crippen molar-refractivity contribution in [1.82, 2.24) is 30.2 Å². The summed E-state index contributed by atoms with van der Waals surface area (Å²) in [5, 5.41) is 13.4. The largest absolute Gasteiger partial charge is 0.464 e. The van der Waals surface area contributed by atoms with E-state index in [2.05, 4.69) is 30.3 Å². The fraction of sp³-hybridized carbons (Fsp3) is 0.375. The second-order valence-electron chi connectivity index (χ2n) is 3.30. The van der Waals surface area contributed by atoms with Gasteiger partial charge in [0.1, 0.15) is 11.6 Å². The number of rotatable bonds is 3. The van der Waals surface area contributed by atoms with Crippen LogP contribution in [0.2, 0.25) is 0 Å². The van der Waals surface area contributed by atoms with Crippen molar-refractivity contribution in [2.75, 3.05) is 12.8 Å². The molecule has 2 aromatic heterocycles. The molecule has 0 unspecified atom stereocenters. The maximum Gasteiger partial charge on any atom is 0.360 e. The number of imidazole rings is 1. The van der Waals surface area contributed by atoms with Gasteiger partial charge in [-0.15, -0.1) is 10.2 Å². The van der Waals surface area contributed by atoms with Gasteiger partial charge < -0.3 is 15.0 Å². The number of hydrogen-bond donors (Lipinski definition) is 2. The van der Waals surface area contributed by atoms with Crippen molar-refractivity contribution in [3.8, 4) is 0 Å². The van der Waals surface area contributed by atoms with Crippen LogP contribution in [0.3, 0.4) is 0 Å². The van der Waals surface area contributed by atoms with Crippen LogP contribution in [0.25, 0.3) is 0 Å². The molecule has 0 bridgehead atoms. The normalized spacial score (nSPS) is 10.5. The van der Waals surface area contributed by atoms with E-state index in [1.54, 1.807) is 11.5 Å². The minimum absolute atomic E-state index is 0.0912. The highest BCUT2D eigenvalue weighted by atomic mass is 16.5. The molecule has 0 atom stereocenters. The zero-order valence-electron chi connectivity index (χ0n) is 9.34. The van der Waals surface area contributed by atoms with Gasteiger partial charge in [-0.1, -0.05) is 5.21 Å². The average molecular weight is 237 g/mol. The first kappa shape index (κ1) is 11.0. The molecule has 0 saturated heterocycles. The number of esters is 1. The van der Waals surface area contributed by atoms with Crippen LogP contribution >= 0.6 is 0 Å². The molecule has 90 valence electrons. The first-order valence-electron chi connectivity index (χ1n) is 4.76. The van der Waals surface area contributed by atoms with Crippen LogP contribution in [0, 0.1) is 6.92 Å². The number of carbonyl (C=O) groups excluding carboxylic acids is 1. The lowest BCUT2D eigenvalue weighted by atomic mass is 10.4. The third kappa shape index (κ3) is 1.94. The minimum Gasteiger partial charge on any atom is -0.464 e. The molecule has 0 spiro atoms. The van der Waals surface area contributed by atoms with E-state index in [9.17, 15) is 4.79 Å². The first-order chi connectivity index (χ1) is 8.13. The SMILES string of the molecule is COC(=O)c1nc(C)n(Cc2nn[nH]n2)c1N. The zero-order valence-corrected chi connectivity index (χ0v) is 9.34. The number of carbonyl (C=O) groups is 1. The quantitative estimate of drug-likeness (QED) is 0.664. The Morgan fingerprint density at radius 3 is 2.94 bits per heavy atom. The van der Waals surface area contributed by atoms with Gasteiger partial charge in [-0.2, -0.15) is 5.21 Å². The second kappa shape index (κ2) is 4.20. The highest BCUT2D eigenvalue weighted by Gasteiger charge is 2.19. The number of hydrogen-bond acceptors (Lipinski definition) is 7. The van der Waals surface area contributed by atoms with E-state index < -0.39 is 5.97 Å². The molecule has 2 heterocycles. The molecule has 9 nitrogen and oxygen atoms in total. The number of ether oxygens (including phenoxy) is 1. The summed E-state index contributed by atoms with van der Waals surface area (Å²) in [4.78, 5) is 15.4. The fourth-order valence-electron chi connectivity index (χ4n) is 1.42. The number of aromatic amines is 1. The number of nitrogens with zero attached hydrogens (tertiary/aromatic N) is 5. The van der Waals surface area contributed by atoms with E-state index >= 15 is 0 Å². The van der Waals surface area contributed by atoms with Gasteiger partial charge >= 0.3 is 5.97 Å². The summed E-state index contributed by atoms with van der Waals surface area (Å²) in [7, 11) is 1.27. The molecule has 0 amide bonds. The lowest BCUT2D eigenvalue weighted by Crippen LogP contribution is -2.10. The van der Waals surface area contributed by atoms with E-state index in [1.165, 1.54) is 7.11 Å². The summed E-state index contributed by atoms with van der Waals surface area (Å²) in [5.41, 5.74) is 5.90. The van der Waals surface area contributed by atoms with E-state index in [0.717, 1.165) is 0 Å². The molecule has 0 fully saturated rings. The van der Waals surface area contributed by atoms with E-state index in [1.807, 2.05) is 0 Å². The molecule has 3 N–H and O–H groups in total. The molecular formula is C8H11N7O2. The predicted octanol–water partition coefficient (Wildman–Crippen LogP) is -0.878. The molecule has 0 radical (unpaired) electrons. The van der Waals surface area contributed by atoms with Crippen LogP contribution in [0.5, 0.6) is 0 Å². The van der Waals surface area contributed by atoms with E-state index in [-0.39, 0.29) is 18.1 Å². The van der Waals surface area contributed by atoms with E-state index in [4.69, 9.17) is 5.73 Å². The summed E-state index contributed by atoms with van der Waals surface area (Å²) in [6.45, 7) is 2.01. The van der Waals surface area contributed by atoms with Crippen molar-refractivity contribution in [2.24, 2.45) is 0 Å². The Balaban J connectivity index is 2.35. The van der Waals surface area contributed by atoms with Crippen molar-refractivity contribution in [1.29, 1.82) is 0 Å². The number of nitrogen functional groups attached to an aromatic ring is 1. The molecular weight excluding hydrogens is 226 g/mol. The van der Waals surface area contributed by atoms with Crippen molar-refractivity contribution >= 4 is 11.8 Å². The number of anilines is 1. The monoisotopic (exact) mass is 237 g/mol. The van der Waals surface area contributed by atoms with Gasteiger partial charge in [0.05, 0.1) is 13.7 Å². The van der Waals surface area contributed by atoms with Crippen LogP contribution in [-0.4, -0.2) is 43.3 Å². The lowest BCUT2D eigenvalue weighted by Gasteiger charge is -2.03. The van der Waals surface area contributed by atoms with Crippen LogP contribution in [-0.2, 0) is 11.3 Å². The molecule has 0 saturated carbocycles. The van der Waals surface area contributed by atoms with Gasteiger partial charge in [0.15, 0.2) is 11.5 Å². The third-order valence-electron chi connectivity index (χ3n) is 2.27. The van der Waals surface area contributed by atoms with Gasteiger partial charge in [0.25, 0.3) is 0 Å². The number of methoxy groups -OCH3 is 1. The molecule has 2 aromatic rings. The number of H-pyrrole nitrogens is 1. The van der Waals surface area contributed by atoms with Crippen LogP contribution < -0.4 is 5.73 Å². The summed E-state index contributed by atoms with van der Waals surface area (Å²) in [6, 6.07) is 0. The molecule has 0 aliphatic carbocycles.